The molecule has 1 heterocycles. The van der Waals surface area contributed by atoms with E-state index in [4.69, 9.17) is 4.74 Å². The number of nitrogens with zero attached hydrogens (tertiary/aromatic N) is 1. The molecule has 0 bridgehead atoms. The minimum atomic E-state index is -0.238. The number of halogens is 1. The number of nitrogens with one attached hydrogen (secondary N) is 1. The molecule has 1 amide bonds. The molecule has 0 spiro atoms. The van der Waals surface area contributed by atoms with Crippen LogP contribution in [-0.2, 0) is 17.6 Å². The Bertz CT molecular complexity index is 867. The van der Waals surface area contributed by atoms with E-state index in [1.807, 2.05) is 18.2 Å². The molecule has 1 N–H and O–H groups in total. The van der Waals surface area contributed by atoms with E-state index in [0.29, 0.717) is 22.2 Å². The fraction of sp³-hybridized carbons (Fsp3) is 0.400. The Morgan fingerprint density at radius 3 is 2.88 bits per heavy atom. The number of hydrogen-bond donors (Lipinski definition) is 1. The third kappa shape index (κ3) is 4.11. The molecule has 6 heteroatoms. The van der Waals surface area contributed by atoms with Gasteiger partial charge in [0.05, 0.1) is 5.56 Å². The number of carbonyl (C=O) groups is 1. The normalized spacial score (nSPS) is 13.2. The van der Waals surface area contributed by atoms with E-state index >= 15 is 0 Å². The molecule has 0 aliphatic heterocycles. The lowest BCUT2D eigenvalue weighted by atomic mass is 9.96. The molecular formula is C20H21BrN2O2S. The van der Waals surface area contributed by atoms with Crippen LogP contribution in [0.2, 0.25) is 0 Å². The van der Waals surface area contributed by atoms with Crippen LogP contribution in [0.25, 0.3) is 0 Å². The summed E-state index contributed by atoms with van der Waals surface area (Å²) in [5.41, 5.74) is 2.80. The molecule has 0 unspecified atom stereocenters. The van der Waals surface area contributed by atoms with Crippen molar-refractivity contribution >= 4 is 38.2 Å². The van der Waals surface area contributed by atoms with Gasteiger partial charge in [-0.1, -0.05) is 29.8 Å². The van der Waals surface area contributed by atoms with Crippen LogP contribution in [0.15, 0.2) is 22.7 Å². The molecule has 136 valence electrons. The zero-order valence-corrected chi connectivity index (χ0v) is 17.3. The maximum absolute atomic E-state index is 12.4. The van der Waals surface area contributed by atoms with Gasteiger partial charge in [0.2, 0.25) is 0 Å². The smallest absolute Gasteiger partial charge is 0.262 e. The summed E-state index contributed by atoms with van der Waals surface area (Å²) in [6.45, 7) is 4.10. The van der Waals surface area contributed by atoms with Gasteiger partial charge in [-0.25, -0.2) is 0 Å². The molecule has 26 heavy (non-hydrogen) atoms. The van der Waals surface area contributed by atoms with Crippen molar-refractivity contribution in [2.75, 3.05) is 11.9 Å². The van der Waals surface area contributed by atoms with Gasteiger partial charge in [-0.3, -0.25) is 4.79 Å². The zero-order valence-electron chi connectivity index (χ0n) is 14.9. The number of aryl methyl sites for hydroxylation is 1. The monoisotopic (exact) mass is 432 g/mol. The standard InChI is InChI=1S/C20H21BrN2O2S/c1-12(2)15-9-13(21)7-8-17(15)25-11-19(24)23-20-16(10-22)14-5-3-4-6-18(14)26-20/h7-9,12H,3-6,11H2,1-2H3,(H,23,24). The van der Waals surface area contributed by atoms with E-state index in [1.54, 1.807) is 0 Å². The summed E-state index contributed by atoms with van der Waals surface area (Å²) in [5, 5.41) is 13.0. The Hall–Kier alpha value is -1.84. The SMILES string of the molecule is CC(C)c1cc(Br)ccc1OCC(=O)Nc1sc2c(c1C#N)CCCC2. The number of nitriles is 1. The largest absolute Gasteiger partial charge is 0.483 e. The van der Waals surface area contributed by atoms with Crippen LogP contribution in [-0.4, -0.2) is 12.5 Å². The van der Waals surface area contributed by atoms with Crippen LogP contribution in [0.3, 0.4) is 0 Å². The van der Waals surface area contributed by atoms with E-state index in [9.17, 15) is 10.1 Å². The van der Waals surface area contributed by atoms with Crippen molar-refractivity contribution in [1.29, 1.82) is 5.26 Å². The summed E-state index contributed by atoms with van der Waals surface area (Å²) < 4.78 is 6.74. The Morgan fingerprint density at radius 1 is 1.38 bits per heavy atom. The van der Waals surface area contributed by atoms with Crippen LogP contribution in [0.1, 0.15) is 54.2 Å². The summed E-state index contributed by atoms with van der Waals surface area (Å²) in [6, 6.07) is 8.05. The third-order valence-electron chi connectivity index (χ3n) is 4.49. The minimum Gasteiger partial charge on any atom is -0.483 e. The van der Waals surface area contributed by atoms with Gasteiger partial charge in [0.15, 0.2) is 6.61 Å². The van der Waals surface area contributed by atoms with Crippen LogP contribution in [0, 0.1) is 11.3 Å². The molecule has 2 aromatic rings. The summed E-state index contributed by atoms with van der Waals surface area (Å²) in [6.07, 6.45) is 4.18. The predicted molar refractivity (Wildman–Crippen MR) is 108 cm³/mol. The number of fused-ring (bicyclic) bond motifs is 1. The van der Waals surface area contributed by atoms with Crippen molar-refractivity contribution in [3.8, 4) is 11.8 Å². The number of thiophene rings is 1. The number of hydrogen-bond acceptors (Lipinski definition) is 4. The summed E-state index contributed by atoms with van der Waals surface area (Å²) in [4.78, 5) is 13.6. The number of ether oxygens (including phenoxy) is 1. The van der Waals surface area contributed by atoms with Crippen LogP contribution < -0.4 is 10.1 Å². The van der Waals surface area contributed by atoms with Crippen molar-refractivity contribution in [1.82, 2.24) is 0 Å². The lowest BCUT2D eigenvalue weighted by molar-refractivity contribution is -0.118. The van der Waals surface area contributed by atoms with Crippen molar-refractivity contribution in [2.24, 2.45) is 0 Å². The highest BCUT2D eigenvalue weighted by Gasteiger charge is 2.22. The van der Waals surface area contributed by atoms with Crippen LogP contribution >= 0.6 is 27.3 Å². The molecule has 1 aromatic heterocycles. The molecule has 1 aliphatic carbocycles. The van der Waals surface area contributed by atoms with E-state index in [1.165, 1.54) is 16.2 Å². The first kappa shape index (κ1) is 18.9. The van der Waals surface area contributed by atoms with Crippen molar-refractivity contribution < 1.29 is 9.53 Å². The predicted octanol–water partition coefficient (Wildman–Crippen LogP) is 5.40. The van der Waals surface area contributed by atoms with E-state index in [0.717, 1.165) is 41.3 Å². The second-order valence-electron chi connectivity index (χ2n) is 6.70. The molecular weight excluding hydrogens is 412 g/mol. The van der Waals surface area contributed by atoms with Crippen molar-refractivity contribution in [3.63, 3.8) is 0 Å². The van der Waals surface area contributed by atoms with Gasteiger partial charge in [-0.2, -0.15) is 5.26 Å². The lowest BCUT2D eigenvalue weighted by Gasteiger charge is -2.14. The molecule has 0 saturated heterocycles. The highest BCUT2D eigenvalue weighted by atomic mass is 79.9. The second-order valence-corrected chi connectivity index (χ2v) is 8.72. The first-order chi connectivity index (χ1) is 12.5. The Kier molecular flexibility index (Phi) is 6.00. The Labute approximate surface area is 166 Å². The highest BCUT2D eigenvalue weighted by Crippen LogP contribution is 2.37. The van der Waals surface area contributed by atoms with E-state index in [-0.39, 0.29) is 12.5 Å². The van der Waals surface area contributed by atoms with Gasteiger partial charge in [-0.05, 0) is 60.9 Å². The molecule has 0 fully saturated rings. The number of benzene rings is 1. The highest BCUT2D eigenvalue weighted by molar-refractivity contribution is 9.10. The second kappa shape index (κ2) is 8.24. The van der Waals surface area contributed by atoms with E-state index in [2.05, 4.69) is 41.2 Å². The maximum atomic E-state index is 12.4. The summed E-state index contributed by atoms with van der Waals surface area (Å²) in [5.74, 6) is 0.766. The molecule has 0 saturated carbocycles. The van der Waals surface area contributed by atoms with Gasteiger partial charge in [0.1, 0.15) is 16.8 Å². The molecule has 1 aromatic carbocycles. The van der Waals surface area contributed by atoms with Gasteiger partial charge in [0, 0.05) is 9.35 Å². The summed E-state index contributed by atoms with van der Waals surface area (Å²) >= 11 is 5.00. The summed E-state index contributed by atoms with van der Waals surface area (Å²) in [7, 11) is 0. The maximum Gasteiger partial charge on any atom is 0.262 e. The van der Waals surface area contributed by atoms with Gasteiger partial charge < -0.3 is 10.1 Å². The van der Waals surface area contributed by atoms with Gasteiger partial charge in [0.25, 0.3) is 5.91 Å². The number of anilines is 1. The average Bonchev–Trinajstić information content (AvgIpc) is 2.97. The van der Waals surface area contributed by atoms with Gasteiger partial charge in [-0.15, -0.1) is 11.3 Å². The minimum absolute atomic E-state index is 0.0746. The molecule has 4 nitrogen and oxygen atoms in total. The topological polar surface area (TPSA) is 62.1 Å². The van der Waals surface area contributed by atoms with Crippen molar-refractivity contribution in [2.45, 2.75) is 45.4 Å². The van der Waals surface area contributed by atoms with Gasteiger partial charge >= 0.3 is 0 Å². The lowest BCUT2D eigenvalue weighted by Crippen LogP contribution is -2.20. The zero-order chi connectivity index (χ0) is 18.7. The van der Waals surface area contributed by atoms with E-state index < -0.39 is 0 Å². The first-order valence-corrected chi connectivity index (χ1v) is 10.4. The van der Waals surface area contributed by atoms with Crippen molar-refractivity contribution in [3.05, 3.63) is 44.2 Å². The number of amides is 1. The average molecular weight is 433 g/mol. The number of carbonyl (C=O) groups excluding carboxylic acids is 1. The molecule has 1 aliphatic rings. The van der Waals surface area contributed by atoms with Crippen LogP contribution in [0.4, 0.5) is 5.00 Å². The molecule has 0 atom stereocenters. The third-order valence-corrected chi connectivity index (χ3v) is 6.19. The Morgan fingerprint density at radius 2 is 2.15 bits per heavy atom. The fourth-order valence-electron chi connectivity index (χ4n) is 3.18. The molecule has 0 radical (unpaired) electrons. The fourth-order valence-corrected chi connectivity index (χ4v) is 4.81. The number of rotatable bonds is 5. The van der Waals surface area contributed by atoms with Crippen LogP contribution in [0.5, 0.6) is 5.75 Å². The quantitative estimate of drug-likeness (QED) is 0.687. The first-order valence-electron chi connectivity index (χ1n) is 8.76. The Balaban J connectivity index is 1.69. The molecule has 3 rings (SSSR count).